The minimum absolute atomic E-state index is 0.0181. The number of hydrogen-bond acceptors (Lipinski definition) is 3. The van der Waals surface area contributed by atoms with E-state index in [1.807, 2.05) is 67.5 Å². The SMILES string of the molecule is CN(C)CC#Cc1ccc(C(=O)/C=C\c2ccccc2)s1. The molecule has 0 N–H and O–H groups in total. The summed E-state index contributed by atoms with van der Waals surface area (Å²) in [6.45, 7) is 0.717. The molecule has 2 aromatic rings. The summed E-state index contributed by atoms with van der Waals surface area (Å²) < 4.78 is 0. The van der Waals surface area contributed by atoms with E-state index in [9.17, 15) is 4.79 Å². The van der Waals surface area contributed by atoms with Crippen molar-refractivity contribution >= 4 is 23.2 Å². The molecule has 0 radical (unpaired) electrons. The van der Waals surface area contributed by atoms with Gasteiger partial charge in [0.15, 0.2) is 5.78 Å². The monoisotopic (exact) mass is 295 g/mol. The van der Waals surface area contributed by atoms with Crippen LogP contribution in [0, 0.1) is 11.8 Å². The van der Waals surface area contributed by atoms with E-state index in [0.717, 1.165) is 21.9 Å². The number of ketones is 1. The number of rotatable bonds is 4. The first-order chi connectivity index (χ1) is 10.1. The molecule has 3 heteroatoms. The van der Waals surface area contributed by atoms with Gasteiger partial charge in [0.05, 0.1) is 16.3 Å². The molecule has 1 aromatic heterocycles. The first kappa shape index (κ1) is 15.2. The average molecular weight is 295 g/mol. The van der Waals surface area contributed by atoms with Crippen LogP contribution in [0.15, 0.2) is 48.5 Å². The Hall–Kier alpha value is -2.15. The third-order valence-corrected chi connectivity index (χ3v) is 3.70. The quantitative estimate of drug-likeness (QED) is 0.488. The summed E-state index contributed by atoms with van der Waals surface area (Å²) in [5.74, 6) is 6.16. The van der Waals surface area contributed by atoms with Crippen molar-refractivity contribution < 1.29 is 4.79 Å². The average Bonchev–Trinajstić information content (AvgIpc) is 2.94. The van der Waals surface area contributed by atoms with Crippen LogP contribution in [-0.4, -0.2) is 31.3 Å². The third-order valence-electron chi connectivity index (χ3n) is 2.68. The summed E-state index contributed by atoms with van der Waals surface area (Å²) in [7, 11) is 3.96. The van der Waals surface area contributed by atoms with E-state index in [1.54, 1.807) is 6.08 Å². The fourth-order valence-corrected chi connectivity index (χ4v) is 2.44. The van der Waals surface area contributed by atoms with E-state index in [1.165, 1.54) is 11.3 Å². The summed E-state index contributed by atoms with van der Waals surface area (Å²) in [6, 6.07) is 13.5. The second-order valence-corrected chi connectivity index (χ2v) is 5.90. The fourth-order valence-electron chi connectivity index (χ4n) is 1.64. The molecule has 0 spiro atoms. The van der Waals surface area contributed by atoms with Crippen molar-refractivity contribution in [2.75, 3.05) is 20.6 Å². The van der Waals surface area contributed by atoms with E-state index >= 15 is 0 Å². The molecule has 21 heavy (non-hydrogen) atoms. The molecule has 0 saturated heterocycles. The van der Waals surface area contributed by atoms with Crippen LogP contribution in [0.4, 0.5) is 0 Å². The van der Waals surface area contributed by atoms with E-state index in [4.69, 9.17) is 0 Å². The van der Waals surface area contributed by atoms with Crippen molar-refractivity contribution in [1.29, 1.82) is 0 Å². The number of carbonyl (C=O) groups excluding carboxylic acids is 1. The number of benzene rings is 1. The second-order valence-electron chi connectivity index (χ2n) is 4.81. The van der Waals surface area contributed by atoms with Crippen LogP contribution in [0.3, 0.4) is 0 Å². The van der Waals surface area contributed by atoms with E-state index in [0.29, 0.717) is 0 Å². The van der Waals surface area contributed by atoms with Gasteiger partial charge in [0.2, 0.25) is 0 Å². The predicted molar refractivity (Wildman–Crippen MR) is 89.6 cm³/mol. The lowest BCUT2D eigenvalue weighted by Gasteiger charge is -2.00. The van der Waals surface area contributed by atoms with Gasteiger partial charge in [0, 0.05) is 0 Å². The fraction of sp³-hybridized carbons (Fsp3) is 0.167. The number of nitrogens with zero attached hydrogens (tertiary/aromatic N) is 1. The van der Waals surface area contributed by atoms with E-state index in [-0.39, 0.29) is 5.78 Å². The van der Waals surface area contributed by atoms with Crippen LogP contribution in [0.5, 0.6) is 0 Å². The highest BCUT2D eigenvalue weighted by molar-refractivity contribution is 7.14. The van der Waals surface area contributed by atoms with Gasteiger partial charge in [-0.05, 0) is 37.9 Å². The smallest absolute Gasteiger partial charge is 0.195 e. The topological polar surface area (TPSA) is 20.3 Å². The molecule has 0 fully saturated rings. The molecule has 0 bridgehead atoms. The van der Waals surface area contributed by atoms with Crippen LogP contribution in [0.1, 0.15) is 20.1 Å². The standard InChI is InChI=1S/C18H17NOS/c1-19(2)14-6-9-16-11-13-18(21-16)17(20)12-10-15-7-4-3-5-8-15/h3-5,7-8,10-13H,14H2,1-2H3/b12-10-. The van der Waals surface area contributed by atoms with Gasteiger partial charge in [-0.15, -0.1) is 11.3 Å². The molecular formula is C18H17NOS. The van der Waals surface area contributed by atoms with Gasteiger partial charge in [0.1, 0.15) is 0 Å². The summed E-state index contributed by atoms with van der Waals surface area (Å²) in [5, 5.41) is 0. The maximum Gasteiger partial charge on any atom is 0.195 e. The highest BCUT2D eigenvalue weighted by Crippen LogP contribution is 2.17. The van der Waals surface area contributed by atoms with Gasteiger partial charge in [0.25, 0.3) is 0 Å². The van der Waals surface area contributed by atoms with Gasteiger partial charge in [-0.25, -0.2) is 0 Å². The lowest BCUT2D eigenvalue weighted by atomic mass is 10.2. The van der Waals surface area contributed by atoms with Crippen LogP contribution >= 0.6 is 11.3 Å². The Bertz CT molecular complexity index is 687. The summed E-state index contributed by atoms with van der Waals surface area (Å²) in [6.07, 6.45) is 3.44. The predicted octanol–water partition coefficient (Wildman–Crippen LogP) is 3.56. The van der Waals surface area contributed by atoms with Crippen LogP contribution in [0.2, 0.25) is 0 Å². The zero-order valence-electron chi connectivity index (χ0n) is 12.2. The number of allylic oxidation sites excluding steroid dienone is 1. The largest absolute Gasteiger partial charge is 0.299 e. The zero-order chi connectivity index (χ0) is 15.1. The Morgan fingerprint density at radius 3 is 2.67 bits per heavy atom. The van der Waals surface area contributed by atoms with Crippen molar-refractivity contribution in [3.8, 4) is 11.8 Å². The molecule has 1 aromatic carbocycles. The molecule has 0 saturated carbocycles. The molecule has 2 rings (SSSR count). The first-order valence-electron chi connectivity index (χ1n) is 6.66. The third kappa shape index (κ3) is 5.03. The summed E-state index contributed by atoms with van der Waals surface area (Å²) >= 11 is 1.43. The lowest BCUT2D eigenvalue weighted by molar-refractivity contribution is 0.105. The summed E-state index contributed by atoms with van der Waals surface area (Å²) in [5.41, 5.74) is 1.02. The van der Waals surface area contributed by atoms with Crippen molar-refractivity contribution in [2.45, 2.75) is 0 Å². The van der Waals surface area contributed by atoms with Gasteiger partial charge < -0.3 is 0 Å². The Morgan fingerprint density at radius 2 is 1.95 bits per heavy atom. The van der Waals surface area contributed by atoms with Crippen molar-refractivity contribution in [1.82, 2.24) is 4.90 Å². The van der Waals surface area contributed by atoms with Gasteiger partial charge in [-0.3, -0.25) is 9.69 Å². The van der Waals surface area contributed by atoms with Gasteiger partial charge in [-0.2, -0.15) is 0 Å². The maximum atomic E-state index is 12.1. The van der Waals surface area contributed by atoms with Crippen LogP contribution in [0.25, 0.3) is 6.08 Å². The van der Waals surface area contributed by atoms with Crippen molar-refractivity contribution in [2.24, 2.45) is 0 Å². The second kappa shape index (κ2) is 7.58. The number of carbonyl (C=O) groups is 1. The molecule has 106 valence electrons. The zero-order valence-corrected chi connectivity index (χ0v) is 13.0. The molecule has 0 amide bonds. The Labute approximate surface area is 129 Å². The molecule has 0 atom stereocenters. The van der Waals surface area contributed by atoms with Crippen LogP contribution < -0.4 is 0 Å². The van der Waals surface area contributed by atoms with Gasteiger partial charge in [-0.1, -0.05) is 48.2 Å². The minimum atomic E-state index is 0.0181. The number of hydrogen-bond donors (Lipinski definition) is 0. The minimum Gasteiger partial charge on any atom is -0.299 e. The molecule has 2 nitrogen and oxygen atoms in total. The number of thiophene rings is 1. The highest BCUT2D eigenvalue weighted by atomic mass is 32.1. The Balaban J connectivity index is 2.02. The van der Waals surface area contributed by atoms with Crippen LogP contribution in [-0.2, 0) is 0 Å². The van der Waals surface area contributed by atoms with Crippen molar-refractivity contribution in [3.63, 3.8) is 0 Å². The Kier molecular flexibility index (Phi) is 5.51. The molecule has 0 unspecified atom stereocenters. The Morgan fingerprint density at radius 1 is 1.19 bits per heavy atom. The summed E-state index contributed by atoms with van der Waals surface area (Å²) in [4.78, 5) is 15.7. The normalized spacial score (nSPS) is 10.6. The maximum absolute atomic E-state index is 12.1. The lowest BCUT2D eigenvalue weighted by Crippen LogP contribution is -2.10. The first-order valence-corrected chi connectivity index (χ1v) is 7.48. The highest BCUT2D eigenvalue weighted by Gasteiger charge is 2.04. The van der Waals surface area contributed by atoms with E-state index < -0.39 is 0 Å². The molecule has 0 aliphatic heterocycles. The van der Waals surface area contributed by atoms with Gasteiger partial charge >= 0.3 is 0 Å². The molecule has 1 heterocycles. The molecule has 0 aliphatic rings. The molecule has 0 aliphatic carbocycles. The van der Waals surface area contributed by atoms with Crippen molar-refractivity contribution in [3.05, 3.63) is 63.9 Å². The van der Waals surface area contributed by atoms with E-state index in [2.05, 4.69) is 11.8 Å². The molecular weight excluding hydrogens is 278 g/mol.